The highest BCUT2D eigenvalue weighted by Gasteiger charge is 2.33. The molecule has 0 aromatic heterocycles. The Morgan fingerprint density at radius 1 is 1.27 bits per heavy atom. The van der Waals surface area contributed by atoms with Gasteiger partial charge in [-0.3, -0.25) is 4.99 Å². The SMILES string of the molecule is CCNC(=NCCCCN(C)c1ccccc1)NC1CC1C. The summed E-state index contributed by atoms with van der Waals surface area (Å²) in [5.74, 6) is 1.77. The van der Waals surface area contributed by atoms with Gasteiger partial charge in [0.25, 0.3) is 0 Å². The Labute approximate surface area is 135 Å². The minimum Gasteiger partial charge on any atom is -0.375 e. The van der Waals surface area contributed by atoms with Crippen molar-refractivity contribution in [2.75, 3.05) is 31.6 Å². The monoisotopic (exact) mass is 302 g/mol. The number of rotatable bonds is 8. The van der Waals surface area contributed by atoms with E-state index in [4.69, 9.17) is 0 Å². The highest BCUT2D eigenvalue weighted by atomic mass is 15.2. The summed E-state index contributed by atoms with van der Waals surface area (Å²) in [6.45, 7) is 7.27. The minimum absolute atomic E-state index is 0.627. The molecule has 1 aliphatic carbocycles. The summed E-state index contributed by atoms with van der Waals surface area (Å²) >= 11 is 0. The molecule has 122 valence electrons. The zero-order chi connectivity index (χ0) is 15.8. The summed E-state index contributed by atoms with van der Waals surface area (Å²) in [4.78, 5) is 6.98. The lowest BCUT2D eigenvalue weighted by molar-refractivity contribution is 0.714. The minimum atomic E-state index is 0.627. The van der Waals surface area contributed by atoms with E-state index in [2.05, 4.69) is 71.8 Å². The molecule has 0 bridgehead atoms. The lowest BCUT2D eigenvalue weighted by Crippen LogP contribution is -2.39. The second-order valence-corrected chi connectivity index (χ2v) is 6.19. The van der Waals surface area contributed by atoms with Crippen LogP contribution in [-0.4, -0.2) is 38.7 Å². The maximum atomic E-state index is 4.67. The third-order valence-corrected chi connectivity index (χ3v) is 4.14. The van der Waals surface area contributed by atoms with E-state index in [0.717, 1.165) is 44.4 Å². The van der Waals surface area contributed by atoms with Crippen molar-refractivity contribution < 1.29 is 0 Å². The number of nitrogens with one attached hydrogen (secondary N) is 2. The highest BCUT2D eigenvalue weighted by Crippen LogP contribution is 2.28. The molecule has 2 unspecified atom stereocenters. The zero-order valence-corrected chi connectivity index (χ0v) is 14.2. The number of guanidine groups is 1. The highest BCUT2D eigenvalue weighted by molar-refractivity contribution is 5.80. The summed E-state index contributed by atoms with van der Waals surface area (Å²) in [5, 5.41) is 6.82. The average Bonchev–Trinajstić information content (AvgIpc) is 3.22. The van der Waals surface area contributed by atoms with Crippen molar-refractivity contribution in [1.82, 2.24) is 10.6 Å². The van der Waals surface area contributed by atoms with Crippen LogP contribution in [-0.2, 0) is 0 Å². The molecule has 4 nitrogen and oxygen atoms in total. The molecule has 1 saturated carbocycles. The number of benzene rings is 1. The fraction of sp³-hybridized carbons (Fsp3) is 0.611. The van der Waals surface area contributed by atoms with Crippen LogP contribution in [0.3, 0.4) is 0 Å². The van der Waals surface area contributed by atoms with Crippen LogP contribution in [0.1, 0.15) is 33.1 Å². The van der Waals surface area contributed by atoms with Crippen LogP contribution in [0.15, 0.2) is 35.3 Å². The summed E-state index contributed by atoms with van der Waals surface area (Å²) in [6, 6.07) is 11.2. The Balaban J connectivity index is 1.65. The first-order valence-electron chi connectivity index (χ1n) is 8.51. The Morgan fingerprint density at radius 3 is 2.64 bits per heavy atom. The molecule has 22 heavy (non-hydrogen) atoms. The first kappa shape index (κ1) is 16.7. The van der Waals surface area contributed by atoms with Crippen LogP contribution < -0.4 is 15.5 Å². The number of anilines is 1. The third-order valence-electron chi connectivity index (χ3n) is 4.14. The van der Waals surface area contributed by atoms with Gasteiger partial charge in [-0.1, -0.05) is 25.1 Å². The molecule has 0 spiro atoms. The van der Waals surface area contributed by atoms with Crippen LogP contribution in [0.4, 0.5) is 5.69 Å². The Kier molecular flexibility index (Phi) is 6.56. The van der Waals surface area contributed by atoms with E-state index >= 15 is 0 Å². The Hall–Kier alpha value is -1.71. The summed E-state index contributed by atoms with van der Waals surface area (Å²) < 4.78 is 0. The average molecular weight is 302 g/mol. The van der Waals surface area contributed by atoms with E-state index in [-0.39, 0.29) is 0 Å². The number of hydrogen-bond donors (Lipinski definition) is 2. The lowest BCUT2D eigenvalue weighted by Gasteiger charge is -2.18. The molecule has 0 saturated heterocycles. The van der Waals surface area contributed by atoms with Gasteiger partial charge < -0.3 is 15.5 Å². The molecule has 1 aromatic carbocycles. The summed E-state index contributed by atoms with van der Waals surface area (Å²) in [7, 11) is 2.15. The third kappa shape index (κ3) is 5.58. The van der Waals surface area contributed by atoms with E-state index in [1.165, 1.54) is 12.1 Å². The van der Waals surface area contributed by atoms with Crippen LogP contribution in [0.25, 0.3) is 0 Å². The fourth-order valence-corrected chi connectivity index (χ4v) is 2.48. The largest absolute Gasteiger partial charge is 0.375 e. The standard InChI is InChI=1S/C18H30N4/c1-4-19-18(21-17-14-15(17)2)20-12-8-9-13-22(3)16-10-6-5-7-11-16/h5-7,10-11,15,17H,4,8-9,12-14H2,1-3H3,(H2,19,20,21). The summed E-state index contributed by atoms with van der Waals surface area (Å²) in [5.41, 5.74) is 1.28. The Morgan fingerprint density at radius 2 is 2.00 bits per heavy atom. The van der Waals surface area contributed by atoms with E-state index in [1.54, 1.807) is 0 Å². The molecule has 0 heterocycles. The molecule has 1 aliphatic rings. The normalized spacial score (nSPS) is 20.6. The molecule has 4 heteroatoms. The van der Waals surface area contributed by atoms with Crippen LogP contribution >= 0.6 is 0 Å². The fourth-order valence-electron chi connectivity index (χ4n) is 2.48. The first-order valence-corrected chi connectivity index (χ1v) is 8.51. The van der Waals surface area contributed by atoms with E-state index in [0.29, 0.717) is 6.04 Å². The van der Waals surface area contributed by atoms with Crippen molar-refractivity contribution in [2.45, 2.75) is 39.2 Å². The maximum Gasteiger partial charge on any atom is 0.191 e. The lowest BCUT2D eigenvalue weighted by atomic mass is 10.2. The second-order valence-electron chi connectivity index (χ2n) is 6.19. The van der Waals surface area contributed by atoms with Crippen LogP contribution in [0.2, 0.25) is 0 Å². The van der Waals surface area contributed by atoms with E-state index in [1.807, 2.05) is 0 Å². The molecule has 1 fully saturated rings. The van der Waals surface area contributed by atoms with E-state index < -0.39 is 0 Å². The van der Waals surface area contributed by atoms with Crippen LogP contribution in [0.5, 0.6) is 0 Å². The van der Waals surface area contributed by atoms with E-state index in [9.17, 15) is 0 Å². The number of aliphatic imine (C=N–C) groups is 1. The van der Waals surface area contributed by atoms with Gasteiger partial charge in [0.1, 0.15) is 0 Å². The quantitative estimate of drug-likeness (QED) is 0.441. The number of nitrogens with zero attached hydrogens (tertiary/aromatic N) is 2. The van der Waals surface area contributed by atoms with Gasteiger partial charge in [0, 0.05) is 38.4 Å². The summed E-state index contributed by atoms with van der Waals surface area (Å²) in [6.07, 6.45) is 3.55. The molecule has 2 atom stereocenters. The number of unbranched alkanes of at least 4 members (excludes halogenated alkanes) is 1. The van der Waals surface area contributed by atoms with Crippen molar-refractivity contribution in [3.8, 4) is 0 Å². The maximum absolute atomic E-state index is 4.67. The first-order chi connectivity index (χ1) is 10.7. The van der Waals surface area contributed by atoms with Gasteiger partial charge in [-0.05, 0) is 44.2 Å². The smallest absolute Gasteiger partial charge is 0.191 e. The van der Waals surface area contributed by atoms with Gasteiger partial charge in [-0.2, -0.15) is 0 Å². The van der Waals surface area contributed by atoms with Crippen molar-refractivity contribution in [3.05, 3.63) is 30.3 Å². The van der Waals surface area contributed by atoms with Gasteiger partial charge in [-0.25, -0.2) is 0 Å². The molecule has 0 aliphatic heterocycles. The van der Waals surface area contributed by atoms with Gasteiger partial charge in [0.15, 0.2) is 5.96 Å². The van der Waals surface area contributed by atoms with Crippen molar-refractivity contribution in [2.24, 2.45) is 10.9 Å². The van der Waals surface area contributed by atoms with Crippen molar-refractivity contribution in [3.63, 3.8) is 0 Å². The molecule has 0 amide bonds. The molecule has 2 N–H and O–H groups in total. The van der Waals surface area contributed by atoms with Gasteiger partial charge in [0.05, 0.1) is 0 Å². The number of hydrogen-bond acceptors (Lipinski definition) is 2. The van der Waals surface area contributed by atoms with Gasteiger partial charge in [-0.15, -0.1) is 0 Å². The molecular formula is C18H30N4. The topological polar surface area (TPSA) is 39.7 Å². The predicted molar refractivity (Wildman–Crippen MR) is 95.6 cm³/mol. The molecule has 1 aromatic rings. The molecule has 0 radical (unpaired) electrons. The van der Waals surface area contributed by atoms with Crippen molar-refractivity contribution in [1.29, 1.82) is 0 Å². The predicted octanol–water partition coefficient (Wildman–Crippen LogP) is 2.87. The van der Waals surface area contributed by atoms with Crippen molar-refractivity contribution >= 4 is 11.6 Å². The Bertz CT molecular complexity index is 457. The molecular weight excluding hydrogens is 272 g/mol. The van der Waals surface area contributed by atoms with Gasteiger partial charge in [0.2, 0.25) is 0 Å². The molecule has 2 rings (SSSR count). The second kappa shape index (κ2) is 8.66. The zero-order valence-electron chi connectivity index (χ0n) is 14.2. The van der Waals surface area contributed by atoms with Crippen LogP contribution in [0, 0.1) is 5.92 Å². The number of para-hydroxylation sites is 1. The van der Waals surface area contributed by atoms with Gasteiger partial charge >= 0.3 is 0 Å².